The maximum Gasteiger partial charge on any atom is 0.137 e. The lowest BCUT2D eigenvalue weighted by molar-refractivity contribution is 0.0644. The van der Waals surface area contributed by atoms with Gasteiger partial charge in [0.1, 0.15) is 17.7 Å². The number of imidazole rings is 1. The highest BCUT2D eigenvalue weighted by Gasteiger charge is 2.15. The van der Waals surface area contributed by atoms with Gasteiger partial charge in [0.15, 0.2) is 0 Å². The van der Waals surface area contributed by atoms with Crippen molar-refractivity contribution in [2.24, 2.45) is 0 Å². The highest BCUT2D eigenvalue weighted by Crippen LogP contribution is 2.22. The first-order valence-electron chi connectivity index (χ1n) is 7.10. The normalized spacial score (nSPS) is 13.9. The van der Waals surface area contributed by atoms with Gasteiger partial charge < -0.3 is 19.1 Å². The number of hydrogen-bond donors (Lipinski definition) is 1. The molecule has 1 heterocycles. The second-order valence-electron chi connectivity index (χ2n) is 4.83. The van der Waals surface area contributed by atoms with Crippen molar-refractivity contribution in [2.75, 3.05) is 13.7 Å². The Morgan fingerprint density at radius 1 is 1.38 bits per heavy atom. The van der Waals surface area contributed by atoms with Gasteiger partial charge in [-0.25, -0.2) is 4.98 Å². The van der Waals surface area contributed by atoms with E-state index < -0.39 is 6.10 Å². The largest absolute Gasteiger partial charge is 0.497 e. The summed E-state index contributed by atoms with van der Waals surface area (Å²) in [6.45, 7) is 4.97. The van der Waals surface area contributed by atoms with Crippen molar-refractivity contribution in [2.45, 2.75) is 32.6 Å². The number of nitrogens with zero attached hydrogens (tertiary/aromatic N) is 2. The fourth-order valence-corrected chi connectivity index (χ4v) is 2.30. The van der Waals surface area contributed by atoms with Gasteiger partial charge >= 0.3 is 0 Å². The average molecular weight is 290 g/mol. The molecule has 0 amide bonds. The fourth-order valence-electron chi connectivity index (χ4n) is 2.30. The average Bonchev–Trinajstić information content (AvgIpc) is 2.95. The maximum absolute atomic E-state index is 10.4. The summed E-state index contributed by atoms with van der Waals surface area (Å²) in [5.74, 6) is 1.55. The van der Waals surface area contributed by atoms with E-state index in [9.17, 15) is 5.11 Å². The molecule has 0 radical (unpaired) electrons. The van der Waals surface area contributed by atoms with Crippen LogP contribution in [0.3, 0.4) is 0 Å². The van der Waals surface area contributed by atoms with Crippen molar-refractivity contribution in [1.29, 1.82) is 0 Å². The highest BCUT2D eigenvalue weighted by atomic mass is 16.5. The molecule has 2 aromatic rings. The lowest BCUT2D eigenvalue weighted by Crippen LogP contribution is -2.14. The molecule has 5 nitrogen and oxygen atoms in total. The van der Waals surface area contributed by atoms with Crippen molar-refractivity contribution >= 4 is 0 Å². The first kappa shape index (κ1) is 15.5. The lowest BCUT2D eigenvalue weighted by Gasteiger charge is -2.17. The molecule has 21 heavy (non-hydrogen) atoms. The summed E-state index contributed by atoms with van der Waals surface area (Å²) in [6.07, 6.45) is 2.86. The van der Waals surface area contributed by atoms with Gasteiger partial charge in [0.05, 0.1) is 19.8 Å². The van der Waals surface area contributed by atoms with Crippen LogP contribution >= 0.6 is 0 Å². The minimum atomic E-state index is -0.623. The van der Waals surface area contributed by atoms with Crippen LogP contribution in [0.2, 0.25) is 0 Å². The fraction of sp³-hybridized carbons (Fsp3) is 0.438. The van der Waals surface area contributed by atoms with Crippen LogP contribution in [0.4, 0.5) is 0 Å². The zero-order chi connectivity index (χ0) is 15.2. The second kappa shape index (κ2) is 7.24. The summed E-state index contributed by atoms with van der Waals surface area (Å²) in [6, 6.07) is 7.45. The molecule has 0 aliphatic carbocycles. The van der Waals surface area contributed by atoms with E-state index in [4.69, 9.17) is 9.47 Å². The first-order valence-corrected chi connectivity index (χ1v) is 7.10. The number of ether oxygens (including phenoxy) is 2. The third kappa shape index (κ3) is 3.83. The Labute approximate surface area is 125 Å². The molecular weight excluding hydrogens is 268 g/mol. The molecule has 0 unspecified atom stereocenters. The van der Waals surface area contributed by atoms with Crippen molar-refractivity contribution in [3.05, 3.63) is 48.0 Å². The van der Waals surface area contributed by atoms with Crippen molar-refractivity contribution in [3.63, 3.8) is 0 Å². The topological polar surface area (TPSA) is 56.5 Å². The van der Waals surface area contributed by atoms with Gasteiger partial charge in [0, 0.05) is 19.0 Å². The van der Waals surface area contributed by atoms with E-state index in [1.807, 2.05) is 48.9 Å². The highest BCUT2D eigenvalue weighted by molar-refractivity contribution is 5.29. The number of hydrogen-bond acceptors (Lipinski definition) is 4. The van der Waals surface area contributed by atoms with Gasteiger partial charge in [-0.05, 0) is 31.5 Å². The van der Waals surface area contributed by atoms with Gasteiger partial charge in [-0.15, -0.1) is 0 Å². The summed E-state index contributed by atoms with van der Waals surface area (Å²) in [5.41, 5.74) is 0.818. The van der Waals surface area contributed by atoms with Gasteiger partial charge in [-0.2, -0.15) is 0 Å². The molecule has 5 heteroatoms. The Balaban J connectivity index is 2.12. The van der Waals surface area contributed by atoms with Crippen LogP contribution < -0.4 is 4.74 Å². The number of aliphatic hydroxyl groups is 1. The van der Waals surface area contributed by atoms with E-state index in [2.05, 4.69) is 4.98 Å². The van der Waals surface area contributed by atoms with E-state index in [1.165, 1.54) is 0 Å². The number of rotatable bonds is 7. The molecular formula is C16H22N2O3. The molecule has 0 aliphatic rings. The number of aromatic nitrogens is 2. The zero-order valence-electron chi connectivity index (χ0n) is 12.7. The molecule has 0 bridgehead atoms. The van der Waals surface area contributed by atoms with Crippen LogP contribution in [0.15, 0.2) is 36.7 Å². The molecule has 0 spiro atoms. The molecule has 1 aromatic carbocycles. The van der Waals surface area contributed by atoms with Crippen molar-refractivity contribution < 1.29 is 14.6 Å². The summed E-state index contributed by atoms with van der Waals surface area (Å²) in [4.78, 5) is 4.32. The maximum atomic E-state index is 10.4. The van der Waals surface area contributed by atoms with Gasteiger partial charge in [-0.1, -0.05) is 12.1 Å². The van der Waals surface area contributed by atoms with Gasteiger partial charge in [-0.3, -0.25) is 0 Å². The van der Waals surface area contributed by atoms with Crippen molar-refractivity contribution in [3.8, 4) is 5.75 Å². The molecule has 0 fully saturated rings. The molecule has 0 saturated heterocycles. The Morgan fingerprint density at radius 2 is 2.19 bits per heavy atom. The molecule has 2 rings (SSSR count). The predicted molar refractivity (Wildman–Crippen MR) is 80.2 cm³/mol. The van der Waals surface area contributed by atoms with Crippen LogP contribution in [0.1, 0.15) is 37.4 Å². The molecule has 114 valence electrons. The SMILES string of the molecule is CCO[C@@H](C)c1nccn1C[C@@H](O)c1cccc(OC)c1. The Morgan fingerprint density at radius 3 is 2.90 bits per heavy atom. The number of aliphatic hydroxyl groups excluding tert-OH is 1. The summed E-state index contributed by atoms with van der Waals surface area (Å²) < 4.78 is 12.7. The molecule has 1 N–H and O–H groups in total. The number of benzene rings is 1. The Bertz CT molecular complexity index is 568. The smallest absolute Gasteiger partial charge is 0.137 e. The van der Waals surface area contributed by atoms with E-state index in [-0.39, 0.29) is 6.10 Å². The van der Waals surface area contributed by atoms with E-state index in [0.717, 1.165) is 17.1 Å². The molecule has 0 aliphatic heterocycles. The van der Waals surface area contributed by atoms with Crippen LogP contribution in [0.5, 0.6) is 5.75 Å². The number of methoxy groups -OCH3 is 1. The van der Waals surface area contributed by atoms with Crippen LogP contribution in [-0.4, -0.2) is 28.4 Å². The molecule has 2 atom stereocenters. The standard InChI is InChI=1S/C16H22N2O3/c1-4-21-12(2)16-17-8-9-18(16)11-15(19)13-6-5-7-14(10-13)20-3/h5-10,12,15,19H,4,11H2,1-3H3/t12-,15+/m0/s1. The van der Waals surface area contributed by atoms with Crippen LogP contribution in [0, 0.1) is 0 Å². The quantitative estimate of drug-likeness (QED) is 0.852. The molecule has 0 saturated carbocycles. The summed E-state index contributed by atoms with van der Waals surface area (Å²) in [7, 11) is 1.61. The van der Waals surface area contributed by atoms with Crippen LogP contribution in [0.25, 0.3) is 0 Å². The minimum absolute atomic E-state index is 0.0949. The predicted octanol–water partition coefficient (Wildman–Crippen LogP) is 2.72. The van der Waals surface area contributed by atoms with E-state index in [0.29, 0.717) is 13.2 Å². The third-order valence-corrected chi connectivity index (χ3v) is 3.38. The summed E-state index contributed by atoms with van der Waals surface area (Å²) in [5, 5.41) is 10.4. The first-order chi connectivity index (χ1) is 10.2. The minimum Gasteiger partial charge on any atom is -0.497 e. The van der Waals surface area contributed by atoms with Crippen molar-refractivity contribution in [1.82, 2.24) is 9.55 Å². The zero-order valence-corrected chi connectivity index (χ0v) is 12.7. The monoisotopic (exact) mass is 290 g/mol. The van der Waals surface area contributed by atoms with E-state index >= 15 is 0 Å². The Hall–Kier alpha value is -1.85. The molecule has 1 aromatic heterocycles. The Kier molecular flexibility index (Phi) is 5.36. The second-order valence-corrected chi connectivity index (χ2v) is 4.83. The van der Waals surface area contributed by atoms with E-state index in [1.54, 1.807) is 13.3 Å². The van der Waals surface area contributed by atoms with Gasteiger partial charge in [0.25, 0.3) is 0 Å². The lowest BCUT2D eigenvalue weighted by atomic mass is 10.1. The van der Waals surface area contributed by atoms with Crippen LogP contribution in [-0.2, 0) is 11.3 Å². The summed E-state index contributed by atoms with van der Waals surface area (Å²) >= 11 is 0. The van der Waals surface area contributed by atoms with Gasteiger partial charge in [0.2, 0.25) is 0 Å². The third-order valence-electron chi connectivity index (χ3n) is 3.38.